The Bertz CT molecular complexity index is 468. The van der Waals surface area contributed by atoms with E-state index in [1.807, 2.05) is 0 Å². The third-order valence-electron chi connectivity index (χ3n) is 3.32. The van der Waals surface area contributed by atoms with Gasteiger partial charge in [-0.1, -0.05) is 6.92 Å². The molecule has 1 aliphatic rings. The van der Waals surface area contributed by atoms with E-state index >= 15 is 0 Å². The summed E-state index contributed by atoms with van der Waals surface area (Å²) in [5.41, 5.74) is 0.481. The molecule has 0 spiro atoms. The number of carbonyl (C=O) groups excluding carboxylic acids is 1. The molecule has 2 unspecified atom stereocenters. The van der Waals surface area contributed by atoms with Crippen molar-refractivity contribution in [1.29, 1.82) is 0 Å². The summed E-state index contributed by atoms with van der Waals surface area (Å²) in [5.74, 6) is -0.0345. The average molecular weight is 335 g/mol. The zero-order valence-electron chi connectivity index (χ0n) is 10.00. The summed E-state index contributed by atoms with van der Waals surface area (Å²) in [5, 5.41) is -0.0121. The van der Waals surface area contributed by atoms with Crippen molar-refractivity contribution in [2.45, 2.75) is 18.7 Å². The van der Waals surface area contributed by atoms with Gasteiger partial charge in [0.2, 0.25) is 0 Å². The lowest BCUT2D eigenvalue weighted by atomic mass is 9.98. The highest BCUT2D eigenvalue weighted by molar-refractivity contribution is 9.10. The van der Waals surface area contributed by atoms with Gasteiger partial charge >= 0.3 is 0 Å². The smallest absolute Gasteiger partial charge is 0.255 e. The van der Waals surface area contributed by atoms with E-state index in [1.54, 1.807) is 4.90 Å². The second kappa shape index (κ2) is 5.57. The van der Waals surface area contributed by atoms with Crippen molar-refractivity contribution in [3.8, 4) is 0 Å². The molecule has 1 aliphatic heterocycles. The first kappa shape index (κ1) is 13.8. The third kappa shape index (κ3) is 2.86. The molecule has 1 aromatic carbocycles. The Labute approximate surface area is 119 Å². The minimum absolute atomic E-state index is 0.0121. The van der Waals surface area contributed by atoms with E-state index in [1.165, 1.54) is 18.2 Å². The van der Waals surface area contributed by atoms with Gasteiger partial charge in [-0.05, 0) is 46.5 Å². The lowest BCUT2D eigenvalue weighted by Gasteiger charge is -2.34. The van der Waals surface area contributed by atoms with Crippen LogP contribution < -0.4 is 0 Å². The first-order chi connectivity index (χ1) is 8.49. The highest BCUT2D eigenvalue weighted by atomic mass is 79.9. The Morgan fingerprint density at radius 2 is 2.28 bits per heavy atom. The van der Waals surface area contributed by atoms with Gasteiger partial charge in [-0.3, -0.25) is 4.79 Å². The maximum absolute atomic E-state index is 13.0. The number of rotatable bonds is 1. The Morgan fingerprint density at radius 3 is 2.89 bits per heavy atom. The largest absolute Gasteiger partial charge is 0.337 e. The molecule has 1 aromatic rings. The number of carbonyl (C=O) groups is 1. The first-order valence-corrected chi connectivity index (χ1v) is 7.10. The number of likely N-dealkylation sites (tertiary alicyclic amines) is 1. The summed E-state index contributed by atoms with van der Waals surface area (Å²) >= 11 is 9.41. The highest BCUT2D eigenvalue weighted by Gasteiger charge is 2.28. The van der Waals surface area contributed by atoms with Crippen LogP contribution in [0.15, 0.2) is 22.7 Å². The predicted octanol–water partition coefficient (Wildman–Crippen LogP) is 3.68. The molecule has 0 aliphatic carbocycles. The Kier molecular flexibility index (Phi) is 4.28. The summed E-state index contributed by atoms with van der Waals surface area (Å²) in [6.45, 7) is 3.34. The number of nitrogens with zero attached hydrogens (tertiary/aromatic N) is 1. The van der Waals surface area contributed by atoms with Gasteiger partial charge in [0.1, 0.15) is 5.82 Å². The lowest BCUT2D eigenvalue weighted by molar-refractivity contribution is 0.0700. The van der Waals surface area contributed by atoms with Crippen LogP contribution in [0.1, 0.15) is 23.7 Å². The Balaban J connectivity index is 2.16. The zero-order valence-corrected chi connectivity index (χ0v) is 12.3. The number of halogens is 3. The summed E-state index contributed by atoms with van der Waals surface area (Å²) < 4.78 is 13.5. The molecule has 2 atom stereocenters. The van der Waals surface area contributed by atoms with Crippen LogP contribution in [0.3, 0.4) is 0 Å². The van der Waals surface area contributed by atoms with Crippen molar-refractivity contribution < 1.29 is 9.18 Å². The average Bonchev–Trinajstić information content (AvgIpc) is 2.32. The standard InChI is InChI=1S/C13H14BrClFNO/c1-8-4-5-17(7-12(8)15)13(18)10-3-2-9(16)6-11(10)14/h2-3,6,8,12H,4-5,7H2,1H3. The summed E-state index contributed by atoms with van der Waals surface area (Å²) in [6.07, 6.45) is 0.902. The molecule has 0 bridgehead atoms. The van der Waals surface area contributed by atoms with Gasteiger partial charge in [-0.15, -0.1) is 11.6 Å². The highest BCUT2D eigenvalue weighted by Crippen LogP contribution is 2.25. The van der Waals surface area contributed by atoms with Crippen LogP contribution in [0.4, 0.5) is 4.39 Å². The van der Waals surface area contributed by atoms with Crippen molar-refractivity contribution in [3.63, 3.8) is 0 Å². The van der Waals surface area contributed by atoms with Crippen LogP contribution in [0.25, 0.3) is 0 Å². The maximum Gasteiger partial charge on any atom is 0.255 e. The monoisotopic (exact) mass is 333 g/mol. The van der Waals surface area contributed by atoms with Crippen molar-refractivity contribution in [2.24, 2.45) is 5.92 Å². The van der Waals surface area contributed by atoms with E-state index in [0.29, 0.717) is 29.0 Å². The van der Waals surface area contributed by atoms with E-state index in [4.69, 9.17) is 11.6 Å². The summed E-state index contributed by atoms with van der Waals surface area (Å²) in [4.78, 5) is 14.0. The Hall–Kier alpha value is -0.610. The van der Waals surface area contributed by atoms with Crippen LogP contribution >= 0.6 is 27.5 Å². The van der Waals surface area contributed by atoms with Gasteiger partial charge < -0.3 is 4.90 Å². The molecule has 1 heterocycles. The fourth-order valence-electron chi connectivity index (χ4n) is 2.04. The molecule has 1 amide bonds. The van der Waals surface area contributed by atoms with Crippen LogP contribution in [-0.4, -0.2) is 29.3 Å². The Morgan fingerprint density at radius 1 is 1.56 bits per heavy atom. The molecule has 0 radical (unpaired) electrons. The quantitative estimate of drug-likeness (QED) is 0.718. The lowest BCUT2D eigenvalue weighted by Crippen LogP contribution is -2.43. The summed E-state index contributed by atoms with van der Waals surface area (Å²) in [6, 6.07) is 4.10. The molecule has 1 saturated heterocycles. The number of alkyl halides is 1. The van der Waals surface area contributed by atoms with E-state index in [-0.39, 0.29) is 17.1 Å². The molecule has 2 rings (SSSR count). The topological polar surface area (TPSA) is 20.3 Å². The van der Waals surface area contributed by atoms with Crippen molar-refractivity contribution >= 4 is 33.4 Å². The summed E-state index contributed by atoms with van der Waals surface area (Å²) in [7, 11) is 0. The molecule has 2 nitrogen and oxygen atoms in total. The fraction of sp³-hybridized carbons (Fsp3) is 0.462. The number of amides is 1. The normalized spacial score (nSPS) is 24.1. The SMILES string of the molecule is CC1CCN(C(=O)c2ccc(F)cc2Br)CC1Cl. The molecule has 0 aromatic heterocycles. The number of benzene rings is 1. The molecule has 5 heteroatoms. The third-order valence-corrected chi connectivity index (χ3v) is 4.54. The van der Waals surface area contributed by atoms with Crippen LogP contribution in [0, 0.1) is 11.7 Å². The van der Waals surface area contributed by atoms with Gasteiger partial charge in [0.25, 0.3) is 5.91 Å². The first-order valence-electron chi connectivity index (χ1n) is 5.87. The minimum Gasteiger partial charge on any atom is -0.337 e. The second-order valence-electron chi connectivity index (χ2n) is 4.66. The van der Waals surface area contributed by atoms with Crippen LogP contribution in [0.5, 0.6) is 0 Å². The van der Waals surface area contributed by atoms with Crippen molar-refractivity contribution in [2.75, 3.05) is 13.1 Å². The molecular weight excluding hydrogens is 321 g/mol. The minimum atomic E-state index is -0.360. The number of hydrogen-bond donors (Lipinski definition) is 0. The molecular formula is C13H14BrClFNO. The van der Waals surface area contributed by atoms with Gasteiger partial charge in [0.05, 0.1) is 10.9 Å². The zero-order chi connectivity index (χ0) is 13.3. The van der Waals surface area contributed by atoms with E-state index in [2.05, 4.69) is 22.9 Å². The van der Waals surface area contributed by atoms with Crippen molar-refractivity contribution in [3.05, 3.63) is 34.1 Å². The predicted molar refractivity (Wildman–Crippen MR) is 73.4 cm³/mol. The van der Waals surface area contributed by atoms with Crippen LogP contribution in [-0.2, 0) is 0 Å². The van der Waals surface area contributed by atoms with Gasteiger partial charge in [-0.25, -0.2) is 4.39 Å². The second-order valence-corrected chi connectivity index (χ2v) is 6.07. The maximum atomic E-state index is 13.0. The van der Waals surface area contributed by atoms with E-state index < -0.39 is 0 Å². The van der Waals surface area contributed by atoms with Crippen molar-refractivity contribution in [1.82, 2.24) is 4.90 Å². The van der Waals surface area contributed by atoms with Gasteiger partial charge in [0, 0.05) is 17.6 Å². The van der Waals surface area contributed by atoms with E-state index in [9.17, 15) is 9.18 Å². The molecule has 98 valence electrons. The fourth-order valence-corrected chi connectivity index (χ4v) is 2.85. The van der Waals surface area contributed by atoms with Crippen LogP contribution in [0.2, 0.25) is 0 Å². The van der Waals surface area contributed by atoms with Gasteiger partial charge in [-0.2, -0.15) is 0 Å². The van der Waals surface area contributed by atoms with Gasteiger partial charge in [0.15, 0.2) is 0 Å². The number of hydrogen-bond acceptors (Lipinski definition) is 1. The molecule has 1 fully saturated rings. The molecule has 18 heavy (non-hydrogen) atoms. The number of piperidine rings is 1. The van der Waals surface area contributed by atoms with E-state index in [0.717, 1.165) is 6.42 Å². The molecule has 0 N–H and O–H groups in total. The molecule has 0 saturated carbocycles.